The molecule has 0 aliphatic rings. The summed E-state index contributed by atoms with van der Waals surface area (Å²) in [6.45, 7) is 2.58. The van der Waals surface area contributed by atoms with E-state index in [9.17, 15) is 0 Å². The maximum atomic E-state index is 5.76. The Kier molecular flexibility index (Phi) is 4.30. The topological polar surface area (TPSA) is 73.1 Å². The molecule has 3 N–H and O–H groups in total. The SMILES string of the molecule is CCc1nc(N)cc(Nc2cccc(COC)c2)n1. The zero-order valence-electron chi connectivity index (χ0n) is 11.2. The average molecular weight is 258 g/mol. The summed E-state index contributed by atoms with van der Waals surface area (Å²) in [6, 6.07) is 9.71. The largest absolute Gasteiger partial charge is 0.384 e. The summed E-state index contributed by atoms with van der Waals surface area (Å²) in [5.74, 6) is 1.91. The molecule has 2 rings (SSSR count). The molecule has 5 heteroatoms. The van der Waals surface area contributed by atoms with Crippen molar-refractivity contribution >= 4 is 17.3 Å². The molecule has 2 aromatic rings. The number of hydrogen-bond acceptors (Lipinski definition) is 5. The van der Waals surface area contributed by atoms with Crippen LogP contribution in [-0.4, -0.2) is 17.1 Å². The van der Waals surface area contributed by atoms with Crippen LogP contribution in [-0.2, 0) is 17.8 Å². The molecule has 100 valence electrons. The first-order chi connectivity index (χ1) is 9.21. The van der Waals surface area contributed by atoms with Gasteiger partial charge in [-0.05, 0) is 17.7 Å². The number of nitrogen functional groups attached to an aromatic ring is 1. The number of aromatic nitrogens is 2. The van der Waals surface area contributed by atoms with Gasteiger partial charge in [0.05, 0.1) is 6.61 Å². The molecule has 0 spiro atoms. The van der Waals surface area contributed by atoms with Crippen molar-refractivity contribution in [1.82, 2.24) is 9.97 Å². The first-order valence-electron chi connectivity index (χ1n) is 6.19. The summed E-state index contributed by atoms with van der Waals surface area (Å²) in [7, 11) is 1.68. The minimum absolute atomic E-state index is 0.474. The summed E-state index contributed by atoms with van der Waals surface area (Å²) in [6.07, 6.45) is 0.753. The molecule has 0 atom stereocenters. The molecular formula is C14H18N4O. The van der Waals surface area contributed by atoms with Gasteiger partial charge in [0.25, 0.3) is 0 Å². The summed E-state index contributed by atoms with van der Waals surface area (Å²) in [5.41, 5.74) is 7.81. The Bertz CT molecular complexity index is 557. The highest BCUT2D eigenvalue weighted by Gasteiger charge is 2.02. The summed E-state index contributed by atoms with van der Waals surface area (Å²) >= 11 is 0. The van der Waals surface area contributed by atoms with Gasteiger partial charge in [0.1, 0.15) is 17.5 Å². The van der Waals surface area contributed by atoms with Crippen molar-refractivity contribution in [1.29, 1.82) is 0 Å². The molecule has 5 nitrogen and oxygen atoms in total. The maximum Gasteiger partial charge on any atom is 0.136 e. The van der Waals surface area contributed by atoms with Crippen LogP contribution in [0, 0.1) is 0 Å². The first-order valence-corrected chi connectivity index (χ1v) is 6.19. The van der Waals surface area contributed by atoms with Gasteiger partial charge in [0.15, 0.2) is 0 Å². The van der Waals surface area contributed by atoms with Gasteiger partial charge in [-0.25, -0.2) is 9.97 Å². The van der Waals surface area contributed by atoms with Crippen molar-refractivity contribution < 1.29 is 4.74 Å². The first kappa shape index (κ1) is 13.3. The predicted molar refractivity (Wildman–Crippen MR) is 76.3 cm³/mol. The number of anilines is 3. The Hall–Kier alpha value is -2.14. The van der Waals surface area contributed by atoms with Crippen molar-refractivity contribution in [3.05, 3.63) is 41.7 Å². The lowest BCUT2D eigenvalue weighted by atomic mass is 10.2. The standard InChI is InChI=1S/C14H18N4O/c1-3-13-17-12(15)8-14(18-13)16-11-6-4-5-10(7-11)9-19-2/h4-8H,3,9H2,1-2H3,(H3,15,16,17,18). The van der Waals surface area contributed by atoms with E-state index in [-0.39, 0.29) is 0 Å². The molecule has 0 fully saturated rings. The van der Waals surface area contributed by atoms with Crippen molar-refractivity contribution in [3.8, 4) is 0 Å². The number of nitrogens with two attached hydrogens (primary N) is 1. The summed E-state index contributed by atoms with van der Waals surface area (Å²) < 4.78 is 5.12. The smallest absolute Gasteiger partial charge is 0.136 e. The van der Waals surface area contributed by atoms with Crippen molar-refractivity contribution in [3.63, 3.8) is 0 Å². The Morgan fingerprint density at radius 1 is 1.26 bits per heavy atom. The number of hydrogen-bond donors (Lipinski definition) is 2. The number of methoxy groups -OCH3 is 1. The molecule has 1 aromatic carbocycles. The van der Waals surface area contributed by atoms with Gasteiger partial charge in [-0.2, -0.15) is 0 Å². The van der Waals surface area contributed by atoms with Gasteiger partial charge in [-0.15, -0.1) is 0 Å². The highest BCUT2D eigenvalue weighted by Crippen LogP contribution is 2.18. The fraction of sp³-hybridized carbons (Fsp3) is 0.286. The van der Waals surface area contributed by atoms with Gasteiger partial charge in [0, 0.05) is 25.3 Å². The van der Waals surface area contributed by atoms with Crippen molar-refractivity contribution in [2.24, 2.45) is 0 Å². The van der Waals surface area contributed by atoms with Gasteiger partial charge in [0.2, 0.25) is 0 Å². The fourth-order valence-corrected chi connectivity index (χ4v) is 1.79. The Morgan fingerprint density at radius 3 is 2.84 bits per heavy atom. The van der Waals surface area contributed by atoms with E-state index in [4.69, 9.17) is 10.5 Å². The van der Waals surface area contributed by atoms with Gasteiger partial charge in [-0.1, -0.05) is 19.1 Å². The zero-order chi connectivity index (χ0) is 13.7. The van der Waals surface area contributed by atoms with Crippen LogP contribution in [0.4, 0.5) is 17.3 Å². The van der Waals surface area contributed by atoms with Gasteiger partial charge >= 0.3 is 0 Å². The molecular weight excluding hydrogens is 240 g/mol. The Balaban J connectivity index is 2.20. The molecule has 19 heavy (non-hydrogen) atoms. The van der Waals surface area contributed by atoms with Crippen LogP contribution < -0.4 is 11.1 Å². The van der Waals surface area contributed by atoms with E-state index in [1.54, 1.807) is 13.2 Å². The molecule has 0 unspecified atom stereocenters. The van der Waals surface area contributed by atoms with Crippen molar-refractivity contribution in [2.75, 3.05) is 18.2 Å². The van der Waals surface area contributed by atoms with E-state index in [1.165, 1.54) is 0 Å². The third-order valence-electron chi connectivity index (χ3n) is 2.62. The number of nitrogens with zero attached hydrogens (tertiary/aromatic N) is 2. The number of ether oxygens (including phenoxy) is 1. The van der Waals surface area contributed by atoms with E-state index in [0.29, 0.717) is 18.2 Å². The molecule has 1 aromatic heterocycles. The van der Waals surface area contributed by atoms with E-state index < -0.39 is 0 Å². The number of rotatable bonds is 5. The molecule has 0 amide bonds. The second kappa shape index (κ2) is 6.15. The van der Waals surface area contributed by atoms with Gasteiger partial charge < -0.3 is 15.8 Å². The van der Waals surface area contributed by atoms with Crippen LogP contribution in [0.15, 0.2) is 30.3 Å². The fourth-order valence-electron chi connectivity index (χ4n) is 1.79. The molecule has 0 saturated carbocycles. The minimum Gasteiger partial charge on any atom is -0.384 e. The highest BCUT2D eigenvalue weighted by molar-refractivity contribution is 5.59. The van der Waals surface area contributed by atoms with E-state index in [2.05, 4.69) is 15.3 Å². The quantitative estimate of drug-likeness (QED) is 0.862. The molecule has 0 radical (unpaired) electrons. The van der Waals surface area contributed by atoms with Crippen LogP contribution >= 0.6 is 0 Å². The van der Waals surface area contributed by atoms with Crippen LogP contribution in [0.3, 0.4) is 0 Å². The summed E-state index contributed by atoms with van der Waals surface area (Å²) in [4.78, 5) is 8.54. The number of nitrogens with one attached hydrogen (secondary N) is 1. The van der Waals surface area contributed by atoms with Gasteiger partial charge in [-0.3, -0.25) is 0 Å². The lowest BCUT2D eigenvalue weighted by Gasteiger charge is -2.09. The van der Waals surface area contributed by atoms with Crippen molar-refractivity contribution in [2.45, 2.75) is 20.0 Å². The zero-order valence-corrected chi connectivity index (χ0v) is 11.2. The van der Waals surface area contributed by atoms with Crippen LogP contribution in [0.1, 0.15) is 18.3 Å². The lowest BCUT2D eigenvalue weighted by molar-refractivity contribution is 0.185. The highest BCUT2D eigenvalue weighted by atomic mass is 16.5. The Morgan fingerprint density at radius 2 is 2.11 bits per heavy atom. The summed E-state index contributed by atoms with van der Waals surface area (Å²) in [5, 5.41) is 3.23. The van der Waals surface area contributed by atoms with E-state index in [1.807, 2.05) is 31.2 Å². The van der Waals surface area contributed by atoms with E-state index >= 15 is 0 Å². The second-order valence-electron chi connectivity index (χ2n) is 4.21. The monoisotopic (exact) mass is 258 g/mol. The maximum absolute atomic E-state index is 5.76. The van der Waals surface area contributed by atoms with Crippen LogP contribution in [0.5, 0.6) is 0 Å². The Labute approximate surface area is 112 Å². The van der Waals surface area contributed by atoms with E-state index in [0.717, 1.165) is 23.5 Å². The normalized spacial score (nSPS) is 10.4. The molecule has 0 aliphatic carbocycles. The second-order valence-corrected chi connectivity index (χ2v) is 4.21. The number of aryl methyl sites for hydroxylation is 1. The predicted octanol–water partition coefficient (Wildman–Crippen LogP) is 2.51. The average Bonchev–Trinajstić information content (AvgIpc) is 2.39. The molecule has 0 aliphatic heterocycles. The third kappa shape index (κ3) is 3.66. The van der Waals surface area contributed by atoms with Crippen LogP contribution in [0.2, 0.25) is 0 Å². The third-order valence-corrected chi connectivity index (χ3v) is 2.62. The lowest BCUT2D eigenvalue weighted by Crippen LogP contribution is -2.03. The molecule has 0 saturated heterocycles. The molecule has 1 heterocycles. The number of benzene rings is 1. The molecule has 0 bridgehead atoms. The minimum atomic E-state index is 0.474. The van der Waals surface area contributed by atoms with Crippen LogP contribution in [0.25, 0.3) is 0 Å².